The second-order valence-electron chi connectivity index (χ2n) is 3.26. The van der Waals surface area contributed by atoms with Gasteiger partial charge in [0.1, 0.15) is 11.6 Å². The van der Waals surface area contributed by atoms with Gasteiger partial charge < -0.3 is 9.67 Å². The van der Waals surface area contributed by atoms with E-state index < -0.39 is 6.10 Å². The molecule has 0 aromatic carbocycles. The zero-order chi connectivity index (χ0) is 10.7. The highest BCUT2D eigenvalue weighted by atomic mass is 16.3. The largest absolute Gasteiger partial charge is 0.392 e. The predicted molar refractivity (Wildman–Crippen MR) is 51.8 cm³/mol. The first-order valence-electron chi connectivity index (χ1n) is 4.35. The number of pyridine rings is 1. The van der Waals surface area contributed by atoms with E-state index in [-0.39, 0.29) is 17.7 Å². The third kappa shape index (κ3) is 2.01. The van der Waals surface area contributed by atoms with E-state index in [1.807, 2.05) is 6.07 Å². The summed E-state index contributed by atoms with van der Waals surface area (Å²) in [6, 6.07) is 5.01. The van der Waals surface area contributed by atoms with Gasteiger partial charge in [0.05, 0.1) is 12.6 Å². The molecule has 0 bridgehead atoms. The van der Waals surface area contributed by atoms with Crippen molar-refractivity contribution >= 4 is 0 Å². The Labute approximate surface area is 82.0 Å². The first-order valence-corrected chi connectivity index (χ1v) is 4.35. The van der Waals surface area contributed by atoms with E-state index in [2.05, 4.69) is 0 Å². The minimum Gasteiger partial charge on any atom is -0.392 e. The average molecular weight is 192 g/mol. The number of rotatable bonds is 2. The molecule has 0 saturated carbocycles. The molecule has 4 nitrogen and oxygen atoms in total. The summed E-state index contributed by atoms with van der Waals surface area (Å²) in [5, 5.41) is 17.8. The third-order valence-corrected chi connectivity index (χ3v) is 1.96. The number of nitriles is 1. The van der Waals surface area contributed by atoms with Crippen LogP contribution in [0.15, 0.2) is 16.9 Å². The quantitative estimate of drug-likeness (QED) is 0.738. The summed E-state index contributed by atoms with van der Waals surface area (Å²) >= 11 is 0. The lowest BCUT2D eigenvalue weighted by Crippen LogP contribution is -2.28. The molecular formula is C10H12N2O2. The fourth-order valence-electron chi connectivity index (χ4n) is 1.25. The Morgan fingerprint density at radius 3 is 2.79 bits per heavy atom. The van der Waals surface area contributed by atoms with Crippen molar-refractivity contribution in [3.8, 4) is 6.07 Å². The van der Waals surface area contributed by atoms with Gasteiger partial charge in [-0.25, -0.2) is 0 Å². The minimum absolute atomic E-state index is 0.108. The van der Waals surface area contributed by atoms with E-state index in [9.17, 15) is 9.90 Å². The highest BCUT2D eigenvalue weighted by molar-refractivity contribution is 5.27. The van der Waals surface area contributed by atoms with Crippen molar-refractivity contribution in [2.24, 2.45) is 0 Å². The predicted octanol–water partition coefficient (Wildman–Crippen LogP) is 0.409. The summed E-state index contributed by atoms with van der Waals surface area (Å²) in [5.41, 5.74) is 0.513. The molecule has 1 aromatic heterocycles. The average Bonchev–Trinajstić information content (AvgIpc) is 2.12. The number of hydrogen-bond donors (Lipinski definition) is 1. The number of aryl methyl sites for hydroxylation is 1. The molecule has 74 valence electrons. The number of aliphatic hydroxyl groups is 1. The lowest BCUT2D eigenvalue weighted by atomic mass is 10.2. The standard InChI is InChI=1S/C10H12N2O2/c1-7-3-4-9(5-11)10(14)12(7)6-8(2)13/h3-4,8,13H,6H2,1-2H3. The lowest BCUT2D eigenvalue weighted by molar-refractivity contribution is 0.171. The van der Waals surface area contributed by atoms with E-state index in [0.717, 1.165) is 5.69 Å². The van der Waals surface area contributed by atoms with Crippen molar-refractivity contribution in [3.05, 3.63) is 33.7 Å². The lowest BCUT2D eigenvalue weighted by Gasteiger charge is -2.11. The van der Waals surface area contributed by atoms with Crippen LogP contribution in [-0.4, -0.2) is 15.8 Å². The molecule has 0 aliphatic rings. The van der Waals surface area contributed by atoms with Crippen LogP contribution >= 0.6 is 0 Å². The Morgan fingerprint density at radius 2 is 2.29 bits per heavy atom. The van der Waals surface area contributed by atoms with Crippen LogP contribution in [0.25, 0.3) is 0 Å². The summed E-state index contributed by atoms with van der Waals surface area (Å²) < 4.78 is 1.41. The van der Waals surface area contributed by atoms with Crippen LogP contribution in [0, 0.1) is 18.3 Å². The first-order chi connectivity index (χ1) is 6.56. The van der Waals surface area contributed by atoms with Gasteiger partial charge in [0.25, 0.3) is 5.56 Å². The summed E-state index contributed by atoms with van der Waals surface area (Å²) in [6.45, 7) is 3.59. The van der Waals surface area contributed by atoms with Crippen molar-refractivity contribution in [2.75, 3.05) is 0 Å². The molecule has 0 aliphatic heterocycles. The van der Waals surface area contributed by atoms with Crippen molar-refractivity contribution in [1.29, 1.82) is 5.26 Å². The molecule has 4 heteroatoms. The molecule has 1 heterocycles. The van der Waals surface area contributed by atoms with Gasteiger partial charge in [-0.3, -0.25) is 4.79 Å². The van der Waals surface area contributed by atoms with E-state index in [1.165, 1.54) is 10.6 Å². The molecule has 1 unspecified atom stereocenters. The fourth-order valence-corrected chi connectivity index (χ4v) is 1.25. The van der Waals surface area contributed by atoms with E-state index in [0.29, 0.717) is 0 Å². The van der Waals surface area contributed by atoms with Gasteiger partial charge in [0, 0.05) is 5.69 Å². The molecule has 0 amide bonds. The Balaban J connectivity index is 3.28. The maximum Gasteiger partial charge on any atom is 0.268 e. The van der Waals surface area contributed by atoms with Crippen LogP contribution in [0.4, 0.5) is 0 Å². The molecule has 1 aromatic rings. The molecule has 0 spiro atoms. The van der Waals surface area contributed by atoms with Crippen molar-refractivity contribution < 1.29 is 5.11 Å². The van der Waals surface area contributed by atoms with Crippen LogP contribution in [0.1, 0.15) is 18.2 Å². The Hall–Kier alpha value is -1.60. The summed E-state index contributed by atoms with van der Waals surface area (Å²) in [6.07, 6.45) is -0.597. The van der Waals surface area contributed by atoms with Gasteiger partial charge >= 0.3 is 0 Å². The van der Waals surface area contributed by atoms with Crippen molar-refractivity contribution in [1.82, 2.24) is 4.57 Å². The smallest absolute Gasteiger partial charge is 0.268 e. The highest BCUT2D eigenvalue weighted by Gasteiger charge is 2.07. The van der Waals surface area contributed by atoms with Gasteiger partial charge in [-0.05, 0) is 26.0 Å². The van der Waals surface area contributed by atoms with Gasteiger partial charge in [-0.1, -0.05) is 0 Å². The molecule has 1 rings (SSSR count). The molecule has 0 fully saturated rings. The first kappa shape index (κ1) is 10.5. The Kier molecular flexibility index (Phi) is 3.05. The Bertz CT molecular complexity index is 427. The second kappa shape index (κ2) is 4.07. The molecule has 14 heavy (non-hydrogen) atoms. The molecular weight excluding hydrogens is 180 g/mol. The van der Waals surface area contributed by atoms with E-state index in [1.54, 1.807) is 19.9 Å². The second-order valence-corrected chi connectivity index (χ2v) is 3.26. The SMILES string of the molecule is Cc1ccc(C#N)c(=O)n1CC(C)O. The van der Waals surface area contributed by atoms with Crippen LogP contribution in [0.2, 0.25) is 0 Å². The number of nitrogens with zero attached hydrogens (tertiary/aromatic N) is 2. The normalized spacial score (nSPS) is 12.1. The minimum atomic E-state index is -0.597. The van der Waals surface area contributed by atoms with Gasteiger partial charge in [0.2, 0.25) is 0 Å². The van der Waals surface area contributed by atoms with Crippen molar-refractivity contribution in [3.63, 3.8) is 0 Å². The summed E-state index contributed by atoms with van der Waals surface area (Å²) in [7, 11) is 0. The third-order valence-electron chi connectivity index (χ3n) is 1.96. The van der Waals surface area contributed by atoms with E-state index >= 15 is 0 Å². The van der Waals surface area contributed by atoms with Crippen LogP contribution in [0.3, 0.4) is 0 Å². The summed E-state index contributed by atoms with van der Waals surface area (Å²) in [4.78, 5) is 11.6. The van der Waals surface area contributed by atoms with Crippen LogP contribution < -0.4 is 5.56 Å². The number of aromatic nitrogens is 1. The summed E-state index contributed by atoms with van der Waals surface area (Å²) in [5.74, 6) is 0. The molecule has 1 atom stereocenters. The van der Waals surface area contributed by atoms with Gasteiger partial charge in [-0.15, -0.1) is 0 Å². The van der Waals surface area contributed by atoms with Crippen LogP contribution in [0.5, 0.6) is 0 Å². The van der Waals surface area contributed by atoms with Crippen molar-refractivity contribution in [2.45, 2.75) is 26.5 Å². The zero-order valence-corrected chi connectivity index (χ0v) is 8.19. The Morgan fingerprint density at radius 1 is 1.64 bits per heavy atom. The number of aliphatic hydroxyl groups excluding tert-OH is 1. The highest BCUT2D eigenvalue weighted by Crippen LogP contribution is 1.99. The maximum absolute atomic E-state index is 11.6. The maximum atomic E-state index is 11.6. The molecule has 1 N–H and O–H groups in total. The zero-order valence-electron chi connectivity index (χ0n) is 8.19. The van der Waals surface area contributed by atoms with Gasteiger partial charge in [0.15, 0.2) is 0 Å². The van der Waals surface area contributed by atoms with Crippen LogP contribution in [-0.2, 0) is 6.54 Å². The molecule has 0 saturated heterocycles. The van der Waals surface area contributed by atoms with Gasteiger partial charge in [-0.2, -0.15) is 5.26 Å². The monoisotopic (exact) mass is 192 g/mol. The topological polar surface area (TPSA) is 66.0 Å². The fraction of sp³-hybridized carbons (Fsp3) is 0.400. The molecule has 0 aliphatic carbocycles. The number of hydrogen-bond acceptors (Lipinski definition) is 3. The van der Waals surface area contributed by atoms with E-state index in [4.69, 9.17) is 5.26 Å². The molecule has 0 radical (unpaired) electrons.